The summed E-state index contributed by atoms with van der Waals surface area (Å²) >= 11 is 0. The molecular weight excluding hydrogens is 418 g/mol. The third kappa shape index (κ3) is 5.57. The fraction of sp³-hybridized carbons (Fsp3) is 0.654. The molecule has 1 saturated carbocycles. The van der Waals surface area contributed by atoms with E-state index in [1.54, 1.807) is 4.90 Å². The fourth-order valence-electron chi connectivity index (χ4n) is 5.54. The SMILES string of the molecule is CCCN(CCCCN1C(=O)CC2(CCCCC2)C1=O)CCc1ccc2c(c1)NC(=O)CO2. The van der Waals surface area contributed by atoms with E-state index in [1.807, 2.05) is 12.1 Å². The van der Waals surface area contributed by atoms with E-state index in [-0.39, 0.29) is 29.7 Å². The molecule has 7 nitrogen and oxygen atoms in total. The number of nitrogens with zero attached hydrogens (tertiary/aromatic N) is 2. The van der Waals surface area contributed by atoms with Crippen molar-refractivity contribution in [2.45, 2.75) is 71.1 Å². The predicted molar refractivity (Wildman–Crippen MR) is 127 cm³/mol. The van der Waals surface area contributed by atoms with Crippen molar-refractivity contribution in [1.29, 1.82) is 0 Å². The maximum atomic E-state index is 13.0. The molecule has 0 aromatic heterocycles. The molecule has 1 saturated heterocycles. The van der Waals surface area contributed by atoms with Crippen molar-refractivity contribution >= 4 is 23.4 Å². The average molecular weight is 456 g/mol. The zero-order chi connectivity index (χ0) is 23.3. The number of benzene rings is 1. The number of carbonyl (C=O) groups excluding carboxylic acids is 3. The molecule has 2 aliphatic heterocycles. The molecule has 7 heteroatoms. The van der Waals surface area contributed by atoms with Crippen molar-refractivity contribution in [3.63, 3.8) is 0 Å². The van der Waals surface area contributed by atoms with Gasteiger partial charge in [-0.3, -0.25) is 19.3 Å². The molecule has 3 aliphatic rings. The van der Waals surface area contributed by atoms with Gasteiger partial charge in [0.2, 0.25) is 11.8 Å². The largest absolute Gasteiger partial charge is 0.482 e. The smallest absolute Gasteiger partial charge is 0.262 e. The number of anilines is 1. The van der Waals surface area contributed by atoms with Gasteiger partial charge in [0.05, 0.1) is 11.1 Å². The average Bonchev–Trinajstić information content (AvgIpc) is 3.03. The van der Waals surface area contributed by atoms with Crippen LogP contribution < -0.4 is 10.1 Å². The Bertz CT molecular complexity index is 878. The monoisotopic (exact) mass is 455 g/mol. The van der Waals surface area contributed by atoms with Crippen LogP contribution in [0.3, 0.4) is 0 Å². The molecule has 0 unspecified atom stereocenters. The van der Waals surface area contributed by atoms with Gasteiger partial charge >= 0.3 is 0 Å². The molecule has 33 heavy (non-hydrogen) atoms. The summed E-state index contributed by atoms with van der Waals surface area (Å²) in [5, 5.41) is 2.87. The minimum Gasteiger partial charge on any atom is -0.482 e. The lowest BCUT2D eigenvalue weighted by atomic mass is 9.73. The van der Waals surface area contributed by atoms with Gasteiger partial charge in [0.1, 0.15) is 5.75 Å². The molecule has 0 radical (unpaired) electrons. The van der Waals surface area contributed by atoms with E-state index in [0.29, 0.717) is 13.0 Å². The normalized spacial score (nSPS) is 19.7. The standard InChI is InChI=1S/C26H37N3O4/c1-2-13-28(16-10-20-8-9-22-21(17-20)27-23(30)19-33-22)14-6-7-15-29-24(31)18-26(25(29)32)11-4-3-5-12-26/h8-9,17H,2-7,10-16,18-19H2,1H3,(H,27,30). The Morgan fingerprint density at radius 3 is 2.67 bits per heavy atom. The molecule has 0 atom stereocenters. The number of unbranched alkanes of at least 4 members (excludes halogenated alkanes) is 1. The molecule has 1 aliphatic carbocycles. The van der Waals surface area contributed by atoms with E-state index in [1.165, 1.54) is 12.0 Å². The minimum absolute atomic E-state index is 0.0378. The summed E-state index contributed by atoms with van der Waals surface area (Å²) < 4.78 is 5.44. The van der Waals surface area contributed by atoms with Crippen LogP contribution in [0.4, 0.5) is 5.69 Å². The number of ether oxygens (including phenoxy) is 1. The van der Waals surface area contributed by atoms with E-state index in [0.717, 1.165) is 82.4 Å². The van der Waals surface area contributed by atoms with Crippen molar-refractivity contribution in [1.82, 2.24) is 9.80 Å². The number of likely N-dealkylation sites (tertiary alicyclic amines) is 1. The number of rotatable bonds is 10. The molecule has 2 fully saturated rings. The van der Waals surface area contributed by atoms with Crippen molar-refractivity contribution in [3.8, 4) is 5.75 Å². The zero-order valence-corrected chi connectivity index (χ0v) is 19.9. The number of fused-ring (bicyclic) bond motifs is 1. The number of amides is 3. The van der Waals surface area contributed by atoms with Gasteiger partial charge in [-0.15, -0.1) is 0 Å². The number of hydrogen-bond donors (Lipinski definition) is 1. The Balaban J connectivity index is 1.23. The van der Waals surface area contributed by atoms with Gasteiger partial charge in [0, 0.05) is 19.5 Å². The second kappa shape index (κ2) is 10.7. The zero-order valence-electron chi connectivity index (χ0n) is 19.9. The lowest BCUT2D eigenvalue weighted by Gasteiger charge is -2.30. The third-order valence-electron chi connectivity index (χ3n) is 7.34. The van der Waals surface area contributed by atoms with Gasteiger partial charge in [0.25, 0.3) is 5.91 Å². The number of imide groups is 1. The summed E-state index contributed by atoms with van der Waals surface area (Å²) in [7, 11) is 0. The maximum Gasteiger partial charge on any atom is 0.262 e. The van der Waals surface area contributed by atoms with Crippen LogP contribution >= 0.6 is 0 Å². The highest BCUT2D eigenvalue weighted by Gasteiger charge is 2.51. The first kappa shape index (κ1) is 23.7. The summed E-state index contributed by atoms with van der Waals surface area (Å²) in [6, 6.07) is 5.99. The first-order valence-corrected chi connectivity index (χ1v) is 12.6. The van der Waals surface area contributed by atoms with Gasteiger partial charge in [-0.1, -0.05) is 32.3 Å². The van der Waals surface area contributed by atoms with Gasteiger partial charge in [0.15, 0.2) is 6.61 Å². The summed E-state index contributed by atoms with van der Waals surface area (Å²) in [6.45, 7) is 5.74. The van der Waals surface area contributed by atoms with Gasteiger partial charge in [-0.05, 0) is 69.3 Å². The highest BCUT2D eigenvalue weighted by atomic mass is 16.5. The van der Waals surface area contributed by atoms with Crippen LogP contribution in [0.15, 0.2) is 18.2 Å². The van der Waals surface area contributed by atoms with Crippen molar-refractivity contribution in [2.24, 2.45) is 5.41 Å². The van der Waals surface area contributed by atoms with Crippen LogP contribution in [0.25, 0.3) is 0 Å². The lowest BCUT2D eigenvalue weighted by molar-refractivity contribution is -0.142. The molecule has 4 rings (SSSR count). The maximum absolute atomic E-state index is 13.0. The van der Waals surface area contributed by atoms with Crippen LogP contribution in [0, 0.1) is 5.41 Å². The lowest BCUT2D eigenvalue weighted by Crippen LogP contribution is -2.37. The minimum atomic E-state index is -0.372. The number of nitrogens with one attached hydrogen (secondary N) is 1. The van der Waals surface area contributed by atoms with Crippen LogP contribution in [-0.4, -0.2) is 60.3 Å². The van der Waals surface area contributed by atoms with E-state index in [4.69, 9.17) is 4.74 Å². The second-order valence-corrected chi connectivity index (χ2v) is 9.83. The Morgan fingerprint density at radius 2 is 1.88 bits per heavy atom. The Hall–Kier alpha value is -2.41. The van der Waals surface area contributed by atoms with Gasteiger partial charge < -0.3 is 15.0 Å². The number of hydrogen-bond acceptors (Lipinski definition) is 5. The van der Waals surface area contributed by atoms with Crippen molar-refractivity contribution in [2.75, 3.05) is 38.1 Å². The Morgan fingerprint density at radius 1 is 1.06 bits per heavy atom. The van der Waals surface area contributed by atoms with E-state index >= 15 is 0 Å². The van der Waals surface area contributed by atoms with Crippen LogP contribution in [-0.2, 0) is 20.8 Å². The van der Waals surface area contributed by atoms with Crippen LogP contribution in [0.2, 0.25) is 0 Å². The summed E-state index contributed by atoms with van der Waals surface area (Å²) in [5.74, 6) is 0.748. The predicted octanol–water partition coefficient (Wildman–Crippen LogP) is 3.76. The molecule has 1 aromatic carbocycles. The van der Waals surface area contributed by atoms with E-state index < -0.39 is 0 Å². The summed E-state index contributed by atoms with van der Waals surface area (Å²) in [6.07, 6.45) is 9.34. The molecule has 1 spiro atoms. The van der Waals surface area contributed by atoms with Crippen LogP contribution in [0.1, 0.15) is 70.3 Å². The first-order valence-electron chi connectivity index (χ1n) is 12.6. The summed E-state index contributed by atoms with van der Waals surface area (Å²) in [5.41, 5.74) is 1.55. The van der Waals surface area contributed by atoms with Gasteiger partial charge in [-0.2, -0.15) is 0 Å². The highest BCUT2D eigenvalue weighted by Crippen LogP contribution is 2.45. The topological polar surface area (TPSA) is 79.0 Å². The highest BCUT2D eigenvalue weighted by molar-refractivity contribution is 6.05. The molecule has 1 N–H and O–H groups in total. The van der Waals surface area contributed by atoms with Crippen LogP contribution in [0.5, 0.6) is 5.75 Å². The third-order valence-corrected chi connectivity index (χ3v) is 7.34. The molecule has 1 aromatic rings. The Labute approximate surface area is 196 Å². The Kier molecular flexibility index (Phi) is 7.68. The quantitative estimate of drug-likeness (QED) is 0.429. The first-order chi connectivity index (χ1) is 16.0. The number of carbonyl (C=O) groups is 3. The molecular formula is C26H37N3O4. The van der Waals surface area contributed by atoms with Crippen molar-refractivity contribution < 1.29 is 19.1 Å². The summed E-state index contributed by atoms with van der Waals surface area (Å²) in [4.78, 5) is 41.1. The van der Waals surface area contributed by atoms with Crippen molar-refractivity contribution in [3.05, 3.63) is 23.8 Å². The second-order valence-electron chi connectivity index (χ2n) is 9.83. The van der Waals surface area contributed by atoms with E-state index in [9.17, 15) is 14.4 Å². The van der Waals surface area contributed by atoms with Gasteiger partial charge in [-0.25, -0.2) is 0 Å². The molecule has 180 valence electrons. The van der Waals surface area contributed by atoms with E-state index in [2.05, 4.69) is 23.2 Å². The molecule has 0 bridgehead atoms. The molecule has 2 heterocycles. The molecule has 3 amide bonds. The fourth-order valence-corrected chi connectivity index (χ4v) is 5.54.